The number of carbonyl (C=O) groups excluding carboxylic acids is 1. The molecular formula is C26H21N3O5. The molecule has 0 saturated carbocycles. The Morgan fingerprint density at radius 2 is 1.59 bits per heavy atom. The molecule has 1 heterocycles. The number of benzene rings is 3. The highest BCUT2D eigenvalue weighted by Crippen LogP contribution is 2.44. The molecule has 1 aliphatic carbocycles. The molecule has 1 aliphatic rings. The average molecular weight is 455 g/mol. The van der Waals surface area contributed by atoms with Crippen LogP contribution in [0.3, 0.4) is 0 Å². The van der Waals surface area contributed by atoms with Crippen molar-refractivity contribution >= 4 is 17.9 Å². The minimum Gasteiger partial charge on any atom is -0.497 e. The smallest absolute Gasteiger partial charge is 0.412 e. The van der Waals surface area contributed by atoms with Gasteiger partial charge in [-0.15, -0.1) is 0 Å². The van der Waals surface area contributed by atoms with Crippen LogP contribution in [0.5, 0.6) is 5.75 Å². The minimum absolute atomic E-state index is 0.00916. The number of carbonyl (C=O) groups is 2. The van der Waals surface area contributed by atoms with Crippen molar-refractivity contribution in [3.63, 3.8) is 0 Å². The molecule has 5 rings (SSSR count). The lowest BCUT2D eigenvalue weighted by atomic mass is 9.98. The van der Waals surface area contributed by atoms with Crippen LogP contribution in [0.4, 0.5) is 10.6 Å². The Balaban J connectivity index is 1.37. The molecule has 8 heteroatoms. The summed E-state index contributed by atoms with van der Waals surface area (Å²) >= 11 is 0. The minimum atomic E-state index is -1.26. The predicted molar refractivity (Wildman–Crippen MR) is 126 cm³/mol. The monoisotopic (exact) mass is 455 g/mol. The Morgan fingerprint density at radius 1 is 0.971 bits per heavy atom. The van der Waals surface area contributed by atoms with Crippen LogP contribution in [0.2, 0.25) is 0 Å². The lowest BCUT2D eigenvalue weighted by Gasteiger charge is -2.15. The van der Waals surface area contributed by atoms with Gasteiger partial charge in [0.2, 0.25) is 0 Å². The lowest BCUT2D eigenvalue weighted by Crippen LogP contribution is -2.20. The summed E-state index contributed by atoms with van der Waals surface area (Å²) in [5.74, 6) is -0.715. The number of aromatic carboxylic acids is 1. The Kier molecular flexibility index (Phi) is 5.47. The number of carboxylic acid groups (broad SMARTS) is 1. The van der Waals surface area contributed by atoms with Gasteiger partial charge in [-0.25, -0.2) is 14.6 Å². The maximum Gasteiger partial charge on any atom is 0.412 e. The van der Waals surface area contributed by atoms with Crippen LogP contribution < -0.4 is 10.1 Å². The van der Waals surface area contributed by atoms with Crippen LogP contribution in [0, 0.1) is 0 Å². The van der Waals surface area contributed by atoms with Gasteiger partial charge in [0.25, 0.3) is 0 Å². The zero-order chi connectivity index (χ0) is 23.7. The number of hydrogen-bond donors (Lipinski definition) is 2. The summed E-state index contributed by atoms with van der Waals surface area (Å²) in [6.45, 7) is 0.110. The first-order valence-electron chi connectivity index (χ1n) is 10.6. The van der Waals surface area contributed by atoms with Crippen molar-refractivity contribution in [1.82, 2.24) is 9.55 Å². The maximum absolute atomic E-state index is 12.8. The number of rotatable bonds is 6. The molecule has 0 spiro atoms. The van der Waals surface area contributed by atoms with Crippen molar-refractivity contribution in [3.8, 4) is 22.6 Å². The number of nitrogens with zero attached hydrogens (tertiary/aromatic N) is 2. The molecule has 8 nitrogen and oxygen atoms in total. The number of ether oxygens (including phenoxy) is 2. The molecule has 0 unspecified atom stereocenters. The maximum atomic E-state index is 12.8. The average Bonchev–Trinajstić information content (AvgIpc) is 3.42. The van der Waals surface area contributed by atoms with E-state index in [9.17, 15) is 14.7 Å². The summed E-state index contributed by atoms with van der Waals surface area (Å²) in [4.78, 5) is 28.4. The van der Waals surface area contributed by atoms with E-state index in [-0.39, 0.29) is 24.0 Å². The van der Waals surface area contributed by atoms with E-state index in [2.05, 4.69) is 22.4 Å². The van der Waals surface area contributed by atoms with E-state index in [0.29, 0.717) is 11.4 Å². The fourth-order valence-electron chi connectivity index (χ4n) is 4.29. The number of fused-ring (bicyclic) bond motifs is 3. The molecule has 0 fully saturated rings. The zero-order valence-electron chi connectivity index (χ0n) is 18.3. The van der Waals surface area contributed by atoms with E-state index < -0.39 is 12.1 Å². The number of carboxylic acids is 1. The van der Waals surface area contributed by atoms with Crippen LogP contribution >= 0.6 is 0 Å². The Labute approximate surface area is 195 Å². The van der Waals surface area contributed by atoms with Crippen molar-refractivity contribution in [1.29, 1.82) is 0 Å². The Morgan fingerprint density at radius 3 is 2.18 bits per heavy atom. The quantitative estimate of drug-likeness (QED) is 0.427. The molecule has 0 bridgehead atoms. The van der Waals surface area contributed by atoms with Gasteiger partial charge < -0.3 is 14.6 Å². The number of nitrogens with one attached hydrogen (secondary N) is 1. The van der Waals surface area contributed by atoms with Gasteiger partial charge in [0.15, 0.2) is 11.5 Å². The molecule has 170 valence electrons. The molecule has 34 heavy (non-hydrogen) atoms. The third-order valence-electron chi connectivity index (χ3n) is 5.88. The fourth-order valence-corrected chi connectivity index (χ4v) is 4.29. The largest absolute Gasteiger partial charge is 0.497 e. The molecular weight excluding hydrogens is 434 g/mol. The van der Waals surface area contributed by atoms with E-state index in [1.54, 1.807) is 31.4 Å². The summed E-state index contributed by atoms with van der Waals surface area (Å²) in [6.07, 6.45) is 0.573. The highest BCUT2D eigenvalue weighted by atomic mass is 16.5. The van der Waals surface area contributed by atoms with Gasteiger partial charge in [-0.3, -0.25) is 9.88 Å². The molecule has 0 radical (unpaired) electrons. The van der Waals surface area contributed by atoms with E-state index in [0.717, 1.165) is 22.3 Å². The molecule has 0 saturated heterocycles. The standard InChI is InChI=1S/C26H21N3O5/c1-33-17-12-10-16(11-13-17)29-15-27-23(25(30)31)24(29)28-26(32)34-14-22-20-8-4-2-6-18(20)19-7-3-5-9-21(19)22/h2-13,15,22H,14H2,1H3,(H,28,32)(H,30,31). The van der Waals surface area contributed by atoms with Crippen LogP contribution in [-0.2, 0) is 4.74 Å². The normalized spacial score (nSPS) is 12.0. The van der Waals surface area contributed by atoms with Crippen molar-refractivity contribution < 1.29 is 24.2 Å². The molecule has 4 aromatic rings. The van der Waals surface area contributed by atoms with Crippen LogP contribution in [0.1, 0.15) is 27.5 Å². The number of anilines is 1. The molecule has 0 atom stereocenters. The second kappa shape index (κ2) is 8.74. The first-order chi connectivity index (χ1) is 16.6. The van der Waals surface area contributed by atoms with Crippen molar-refractivity contribution in [3.05, 3.63) is 95.9 Å². The van der Waals surface area contributed by atoms with Gasteiger partial charge in [-0.2, -0.15) is 0 Å². The fraction of sp³-hybridized carbons (Fsp3) is 0.115. The number of aromatic nitrogens is 2. The highest BCUT2D eigenvalue weighted by molar-refractivity contribution is 5.96. The molecule has 1 amide bonds. The summed E-state index contributed by atoms with van der Waals surface area (Å²) < 4.78 is 12.2. The van der Waals surface area contributed by atoms with Gasteiger partial charge in [0.05, 0.1) is 7.11 Å². The topological polar surface area (TPSA) is 103 Å². The van der Waals surface area contributed by atoms with Crippen molar-refractivity contribution in [2.24, 2.45) is 0 Å². The predicted octanol–water partition coefficient (Wildman–Crippen LogP) is 4.94. The van der Waals surface area contributed by atoms with Gasteiger partial charge in [-0.1, -0.05) is 48.5 Å². The molecule has 1 aromatic heterocycles. The third-order valence-corrected chi connectivity index (χ3v) is 5.88. The second-order valence-corrected chi connectivity index (χ2v) is 7.77. The van der Waals surface area contributed by atoms with Crippen LogP contribution in [0.25, 0.3) is 16.8 Å². The molecule has 0 aliphatic heterocycles. The third kappa shape index (κ3) is 3.75. The number of amides is 1. The SMILES string of the molecule is COc1ccc(-n2cnc(C(=O)O)c2NC(=O)OCC2c3ccccc3-c3ccccc32)cc1. The van der Waals surface area contributed by atoms with E-state index in [1.165, 1.54) is 10.9 Å². The highest BCUT2D eigenvalue weighted by Gasteiger charge is 2.29. The Hall–Kier alpha value is -4.59. The second-order valence-electron chi connectivity index (χ2n) is 7.77. The van der Waals surface area contributed by atoms with Gasteiger partial charge in [-0.05, 0) is 46.5 Å². The van der Waals surface area contributed by atoms with E-state index in [4.69, 9.17) is 9.47 Å². The first kappa shape index (κ1) is 21.3. The van der Waals surface area contributed by atoms with Crippen LogP contribution in [0.15, 0.2) is 79.1 Å². The van der Waals surface area contributed by atoms with Gasteiger partial charge in [0, 0.05) is 11.6 Å². The van der Waals surface area contributed by atoms with Crippen LogP contribution in [-0.4, -0.2) is 40.4 Å². The number of imidazole rings is 1. The van der Waals surface area contributed by atoms with Gasteiger partial charge >= 0.3 is 12.1 Å². The summed E-state index contributed by atoms with van der Waals surface area (Å²) in [6, 6.07) is 23.0. The molecule has 2 N–H and O–H groups in total. The zero-order valence-corrected chi connectivity index (χ0v) is 18.3. The summed E-state index contributed by atoms with van der Waals surface area (Å²) in [5, 5.41) is 12.1. The Bertz CT molecular complexity index is 1330. The lowest BCUT2D eigenvalue weighted by molar-refractivity contribution is 0.0692. The van der Waals surface area contributed by atoms with Crippen molar-refractivity contribution in [2.45, 2.75) is 5.92 Å². The summed E-state index contributed by atoms with van der Waals surface area (Å²) in [5.41, 5.74) is 4.74. The number of hydrogen-bond acceptors (Lipinski definition) is 5. The summed E-state index contributed by atoms with van der Waals surface area (Å²) in [7, 11) is 1.55. The van der Waals surface area contributed by atoms with Gasteiger partial charge in [0.1, 0.15) is 18.7 Å². The van der Waals surface area contributed by atoms with Crippen molar-refractivity contribution in [2.75, 3.05) is 19.0 Å². The molecule has 3 aromatic carbocycles. The van der Waals surface area contributed by atoms with E-state index >= 15 is 0 Å². The first-order valence-corrected chi connectivity index (χ1v) is 10.6. The number of methoxy groups -OCH3 is 1. The van der Waals surface area contributed by atoms with E-state index in [1.807, 2.05) is 36.4 Å².